The van der Waals surface area contributed by atoms with Crippen LogP contribution in [0, 0.1) is 11.8 Å². The summed E-state index contributed by atoms with van der Waals surface area (Å²) in [7, 11) is 1.61. The number of nitrogens with one attached hydrogen (secondary N) is 1. The molecule has 0 aromatic heterocycles. The Morgan fingerprint density at radius 3 is 2.31 bits per heavy atom. The number of hydrogen-bond donors (Lipinski definition) is 2. The van der Waals surface area contributed by atoms with Crippen LogP contribution in [0.1, 0.15) is 29.0 Å². The van der Waals surface area contributed by atoms with Gasteiger partial charge in [-0.25, -0.2) is 4.79 Å². The largest absolute Gasteiger partial charge is 0.497 e. The molecule has 0 unspecified atom stereocenters. The number of fused-ring (bicyclic) bond motifs is 1. The first-order valence-electron chi connectivity index (χ1n) is 12.4. The van der Waals surface area contributed by atoms with E-state index in [-0.39, 0.29) is 12.1 Å². The first-order chi connectivity index (χ1) is 17.6. The number of nitrogens with zero attached hydrogens (tertiary/aromatic N) is 2. The highest BCUT2D eigenvalue weighted by Gasteiger charge is 2.40. The zero-order valence-electron chi connectivity index (χ0n) is 20.4. The number of ether oxygens (including phenoxy) is 1. The summed E-state index contributed by atoms with van der Waals surface area (Å²) in [5, 5.41) is 13.6. The van der Waals surface area contributed by atoms with Crippen molar-refractivity contribution < 1.29 is 14.6 Å². The fraction of sp³-hybridized carbons (Fsp3) is 0.300. The van der Waals surface area contributed by atoms with Crippen LogP contribution in [0.2, 0.25) is 0 Å². The summed E-state index contributed by atoms with van der Waals surface area (Å²) in [6, 6.07) is 25.7. The van der Waals surface area contributed by atoms with Gasteiger partial charge < -0.3 is 20.1 Å². The van der Waals surface area contributed by atoms with E-state index in [4.69, 9.17) is 4.74 Å². The van der Waals surface area contributed by atoms with Gasteiger partial charge in [-0.1, -0.05) is 42.2 Å². The second-order valence-corrected chi connectivity index (χ2v) is 9.41. The summed E-state index contributed by atoms with van der Waals surface area (Å²) in [5.74, 6) is 7.48. The van der Waals surface area contributed by atoms with Crippen LogP contribution in [0.3, 0.4) is 0 Å². The molecule has 0 aliphatic carbocycles. The van der Waals surface area contributed by atoms with E-state index in [9.17, 15) is 9.90 Å². The highest BCUT2D eigenvalue weighted by molar-refractivity contribution is 5.89. The highest BCUT2D eigenvalue weighted by atomic mass is 16.5. The van der Waals surface area contributed by atoms with Crippen LogP contribution in [0.4, 0.5) is 10.5 Å². The van der Waals surface area contributed by atoms with E-state index in [1.165, 1.54) is 5.56 Å². The van der Waals surface area contributed by atoms with Gasteiger partial charge in [0.05, 0.1) is 13.2 Å². The molecule has 6 heteroatoms. The average molecular weight is 482 g/mol. The minimum Gasteiger partial charge on any atom is -0.497 e. The molecule has 2 amide bonds. The van der Waals surface area contributed by atoms with Crippen molar-refractivity contribution >= 4 is 11.7 Å². The highest BCUT2D eigenvalue weighted by Crippen LogP contribution is 2.35. The number of rotatable bonds is 3. The summed E-state index contributed by atoms with van der Waals surface area (Å²) in [5.41, 5.74) is 3.93. The van der Waals surface area contributed by atoms with Gasteiger partial charge in [0.15, 0.2) is 0 Å². The molecule has 2 N–H and O–H groups in total. The Kier molecular flexibility index (Phi) is 7.22. The molecular formula is C30H31N3O3. The maximum Gasteiger partial charge on any atom is 0.321 e. The maximum atomic E-state index is 13.1. The molecule has 3 atom stereocenters. The Hall–Kier alpha value is -3.79. The van der Waals surface area contributed by atoms with E-state index in [2.05, 4.69) is 46.3 Å². The van der Waals surface area contributed by atoms with E-state index in [0.717, 1.165) is 29.8 Å². The lowest BCUT2D eigenvalue weighted by Crippen LogP contribution is -2.43. The van der Waals surface area contributed by atoms with Crippen LogP contribution in [0.15, 0.2) is 78.9 Å². The smallest absolute Gasteiger partial charge is 0.321 e. The van der Waals surface area contributed by atoms with Crippen LogP contribution in [-0.2, 0) is 0 Å². The number of benzene rings is 3. The number of anilines is 1. The van der Waals surface area contributed by atoms with Crippen LogP contribution in [0.25, 0.3) is 0 Å². The monoisotopic (exact) mass is 481 g/mol. The Labute approximate surface area is 212 Å². The number of hydrogen-bond acceptors (Lipinski definition) is 4. The number of urea groups is 1. The molecule has 2 aliphatic heterocycles. The van der Waals surface area contributed by atoms with Crippen molar-refractivity contribution in [3.8, 4) is 17.6 Å². The molecule has 0 saturated carbocycles. The molecule has 3 aromatic rings. The summed E-state index contributed by atoms with van der Waals surface area (Å²) in [4.78, 5) is 17.2. The van der Waals surface area contributed by atoms with Gasteiger partial charge in [0.2, 0.25) is 0 Å². The second-order valence-electron chi connectivity index (χ2n) is 9.41. The molecule has 36 heavy (non-hydrogen) atoms. The van der Waals surface area contributed by atoms with Crippen LogP contribution >= 0.6 is 0 Å². The molecule has 0 radical (unpaired) electrons. The number of aliphatic hydroxyl groups excluding tert-OH is 1. The SMILES string of the molecule is COc1ccc(NC(=O)N2C[C@H](O)CN3CC[C@H](c4ccc(C#Cc5ccccc5)cc4)[C@@H]3C2)cc1. The van der Waals surface area contributed by atoms with Gasteiger partial charge in [-0.05, 0) is 67.1 Å². The van der Waals surface area contributed by atoms with E-state index < -0.39 is 6.10 Å². The second kappa shape index (κ2) is 10.9. The van der Waals surface area contributed by atoms with Crippen molar-refractivity contribution in [2.45, 2.75) is 24.5 Å². The summed E-state index contributed by atoms with van der Waals surface area (Å²) in [6.07, 6.45) is 0.423. The molecule has 2 saturated heterocycles. The maximum absolute atomic E-state index is 13.1. The molecule has 2 fully saturated rings. The first kappa shape index (κ1) is 23.9. The molecule has 184 valence electrons. The summed E-state index contributed by atoms with van der Waals surface area (Å²) >= 11 is 0. The number of aliphatic hydroxyl groups is 1. The van der Waals surface area contributed by atoms with E-state index in [1.54, 1.807) is 12.0 Å². The molecule has 0 bridgehead atoms. The van der Waals surface area contributed by atoms with E-state index >= 15 is 0 Å². The quantitative estimate of drug-likeness (QED) is 0.552. The lowest BCUT2D eigenvalue weighted by molar-refractivity contribution is 0.115. The van der Waals surface area contributed by atoms with Crippen molar-refractivity contribution in [2.75, 3.05) is 38.6 Å². The predicted molar refractivity (Wildman–Crippen MR) is 141 cm³/mol. The molecule has 3 aromatic carbocycles. The van der Waals surface area contributed by atoms with Gasteiger partial charge in [-0.15, -0.1) is 0 Å². The van der Waals surface area contributed by atoms with Crippen molar-refractivity contribution in [3.05, 3.63) is 95.6 Å². The van der Waals surface area contributed by atoms with Crippen LogP contribution in [0.5, 0.6) is 5.75 Å². The van der Waals surface area contributed by atoms with Crippen molar-refractivity contribution in [1.29, 1.82) is 0 Å². The Morgan fingerprint density at radius 2 is 1.61 bits per heavy atom. The minimum absolute atomic E-state index is 0.157. The average Bonchev–Trinajstić information content (AvgIpc) is 3.21. The van der Waals surface area contributed by atoms with Crippen LogP contribution in [-0.4, -0.2) is 66.4 Å². The first-order valence-corrected chi connectivity index (χ1v) is 12.4. The number of amides is 2. The van der Waals surface area contributed by atoms with E-state index in [1.807, 2.05) is 54.6 Å². The normalized spacial score (nSPS) is 21.6. The zero-order valence-corrected chi connectivity index (χ0v) is 20.4. The molecular weight excluding hydrogens is 450 g/mol. The number of β-amino-alcohol motifs (C(OH)–C–C–N with tert-alkyl or cyclic N) is 1. The van der Waals surface area contributed by atoms with E-state index in [0.29, 0.717) is 31.2 Å². The molecule has 2 heterocycles. The lowest BCUT2D eigenvalue weighted by Gasteiger charge is -2.29. The van der Waals surface area contributed by atoms with Gasteiger partial charge in [-0.2, -0.15) is 0 Å². The Balaban J connectivity index is 1.29. The number of carbonyl (C=O) groups is 1. The zero-order chi connectivity index (χ0) is 24.9. The van der Waals surface area contributed by atoms with Crippen LogP contribution < -0.4 is 10.1 Å². The predicted octanol–water partition coefficient (Wildman–Crippen LogP) is 4.16. The fourth-order valence-electron chi connectivity index (χ4n) is 5.18. The van der Waals surface area contributed by atoms with Gasteiger partial charge >= 0.3 is 6.03 Å². The third-order valence-electron chi connectivity index (χ3n) is 7.04. The topological polar surface area (TPSA) is 65.0 Å². The molecule has 0 spiro atoms. The van der Waals surface area contributed by atoms with Crippen molar-refractivity contribution in [2.24, 2.45) is 0 Å². The minimum atomic E-state index is -0.578. The standard InChI is InChI=1S/C30H31N3O3/c1-36-27-15-13-25(14-16-27)31-30(35)33-20-26(34)19-32-18-17-28(29(32)21-33)24-11-9-23(10-12-24)8-7-22-5-3-2-4-6-22/h2-6,9-16,26,28-29,34H,17-21H2,1H3,(H,31,35)/t26-,28-,29+/m1/s1. The van der Waals surface area contributed by atoms with Gasteiger partial charge in [0, 0.05) is 48.4 Å². The van der Waals surface area contributed by atoms with Gasteiger partial charge in [-0.3, -0.25) is 4.90 Å². The van der Waals surface area contributed by atoms with Gasteiger partial charge in [0.1, 0.15) is 5.75 Å². The Bertz CT molecular complexity index is 1230. The number of carbonyl (C=O) groups excluding carboxylic acids is 1. The third kappa shape index (κ3) is 5.54. The Morgan fingerprint density at radius 1 is 0.917 bits per heavy atom. The third-order valence-corrected chi connectivity index (χ3v) is 7.04. The molecule has 6 nitrogen and oxygen atoms in total. The number of methoxy groups -OCH3 is 1. The van der Waals surface area contributed by atoms with Crippen molar-refractivity contribution in [3.63, 3.8) is 0 Å². The summed E-state index contributed by atoms with van der Waals surface area (Å²) in [6.45, 7) is 2.37. The summed E-state index contributed by atoms with van der Waals surface area (Å²) < 4.78 is 5.19. The lowest BCUT2D eigenvalue weighted by atomic mass is 9.91. The fourth-order valence-corrected chi connectivity index (χ4v) is 5.18. The van der Waals surface area contributed by atoms with Gasteiger partial charge in [0.25, 0.3) is 0 Å². The van der Waals surface area contributed by atoms with Crippen molar-refractivity contribution in [1.82, 2.24) is 9.80 Å². The molecule has 2 aliphatic rings. The molecule has 5 rings (SSSR count).